The van der Waals surface area contributed by atoms with Crippen LogP contribution in [-0.4, -0.2) is 29.1 Å². The summed E-state index contributed by atoms with van der Waals surface area (Å²) in [4.78, 5) is 26.6. The van der Waals surface area contributed by atoms with Gasteiger partial charge in [0.2, 0.25) is 5.88 Å². The maximum atomic E-state index is 11.4. The molecule has 0 bridgehead atoms. The summed E-state index contributed by atoms with van der Waals surface area (Å²) in [5.74, 6) is 0.323. The van der Waals surface area contributed by atoms with Gasteiger partial charge < -0.3 is 9.47 Å². The predicted octanol–water partition coefficient (Wildman–Crippen LogP) is 5.83. The Bertz CT molecular complexity index is 1040. The first-order valence-electron chi connectivity index (χ1n) is 10.7. The van der Waals surface area contributed by atoms with E-state index in [1.54, 1.807) is 19.1 Å². The number of aromatic nitrogens is 1. The highest BCUT2D eigenvalue weighted by atomic mass is 16.6. The quantitative estimate of drug-likeness (QED) is 0.163. The average molecular weight is 434 g/mol. The van der Waals surface area contributed by atoms with E-state index >= 15 is 0 Å². The number of ether oxygens (including phenoxy) is 2. The molecule has 0 unspecified atom stereocenters. The van der Waals surface area contributed by atoms with Crippen LogP contribution in [0.3, 0.4) is 0 Å². The number of rotatable bonds is 11. The molecule has 0 radical (unpaired) electrons. The Balaban J connectivity index is 1.71. The molecular weight excluding hydrogens is 408 g/mol. The lowest BCUT2D eigenvalue weighted by molar-refractivity contribution is -0.384. The minimum atomic E-state index is -0.414. The van der Waals surface area contributed by atoms with Crippen molar-refractivity contribution in [2.24, 2.45) is 0 Å². The monoisotopic (exact) mass is 434 g/mol. The molecule has 0 spiro atoms. The van der Waals surface area contributed by atoms with Crippen molar-refractivity contribution in [3.05, 3.63) is 76.8 Å². The van der Waals surface area contributed by atoms with Crippen LogP contribution in [0.5, 0.6) is 5.88 Å². The van der Waals surface area contributed by atoms with E-state index in [9.17, 15) is 14.9 Å². The Kier molecular flexibility index (Phi) is 8.31. The Hall–Kier alpha value is -3.74. The maximum absolute atomic E-state index is 11.4. The normalized spacial score (nSPS) is 10.5. The van der Waals surface area contributed by atoms with Gasteiger partial charge in [-0.25, -0.2) is 4.98 Å². The number of unbranched alkanes of at least 4 members (excludes halogenated alkanes) is 2. The number of non-ortho nitro benzene ring substituents is 1. The van der Waals surface area contributed by atoms with Gasteiger partial charge in [-0.15, -0.1) is 0 Å². The van der Waals surface area contributed by atoms with E-state index in [2.05, 4.69) is 4.98 Å². The molecule has 32 heavy (non-hydrogen) atoms. The smallest absolute Gasteiger partial charge is 0.305 e. The first kappa shape index (κ1) is 22.9. The lowest BCUT2D eigenvalue weighted by Crippen LogP contribution is -2.04. The number of hydrogen-bond donors (Lipinski definition) is 0. The highest BCUT2D eigenvalue weighted by Crippen LogP contribution is 2.30. The summed E-state index contributed by atoms with van der Waals surface area (Å²) < 4.78 is 10.8. The molecule has 0 saturated carbocycles. The van der Waals surface area contributed by atoms with Crippen molar-refractivity contribution in [2.45, 2.75) is 32.6 Å². The number of benzene rings is 2. The molecule has 3 aromatic rings. The molecule has 0 aliphatic carbocycles. The summed E-state index contributed by atoms with van der Waals surface area (Å²) in [5.41, 5.74) is 3.47. The second-order valence-electron chi connectivity index (χ2n) is 7.21. The van der Waals surface area contributed by atoms with E-state index in [0.29, 0.717) is 25.5 Å². The van der Waals surface area contributed by atoms with Gasteiger partial charge in [0.1, 0.15) is 0 Å². The molecule has 7 nitrogen and oxygen atoms in total. The van der Waals surface area contributed by atoms with E-state index in [-0.39, 0.29) is 11.7 Å². The van der Waals surface area contributed by atoms with Crippen LogP contribution in [0.25, 0.3) is 22.4 Å². The number of nitrogens with zero attached hydrogens (tertiary/aromatic N) is 2. The lowest BCUT2D eigenvalue weighted by Gasteiger charge is -2.11. The van der Waals surface area contributed by atoms with Crippen LogP contribution in [-0.2, 0) is 9.53 Å². The van der Waals surface area contributed by atoms with Crippen LogP contribution >= 0.6 is 0 Å². The van der Waals surface area contributed by atoms with E-state index in [4.69, 9.17) is 9.47 Å². The van der Waals surface area contributed by atoms with Crippen molar-refractivity contribution >= 4 is 11.7 Å². The molecule has 0 aliphatic heterocycles. The van der Waals surface area contributed by atoms with Crippen LogP contribution in [0.2, 0.25) is 0 Å². The number of hydrogen-bond acceptors (Lipinski definition) is 6. The summed E-state index contributed by atoms with van der Waals surface area (Å²) in [5, 5.41) is 11.0. The Morgan fingerprint density at radius 1 is 0.938 bits per heavy atom. The summed E-state index contributed by atoms with van der Waals surface area (Å²) in [6.45, 7) is 2.68. The van der Waals surface area contributed by atoms with Gasteiger partial charge in [0.05, 0.1) is 23.8 Å². The molecule has 7 heteroatoms. The van der Waals surface area contributed by atoms with Crippen LogP contribution in [0.15, 0.2) is 66.7 Å². The lowest BCUT2D eigenvalue weighted by atomic mass is 10.0. The standard InChI is InChI=1S/C25H26N2O5/c1-2-31-25(28)11-7-4-8-16-32-24-18-21(19-12-14-22(15-13-19)27(29)30)17-23(26-24)20-9-5-3-6-10-20/h3,5-6,9-10,12-15,17-18H,2,4,7-8,11,16H2,1H3. The van der Waals surface area contributed by atoms with Gasteiger partial charge in [0.25, 0.3) is 5.69 Å². The van der Waals surface area contributed by atoms with Gasteiger partial charge in [0.15, 0.2) is 0 Å². The first-order chi connectivity index (χ1) is 15.6. The second kappa shape index (κ2) is 11.6. The van der Waals surface area contributed by atoms with Gasteiger partial charge in [-0.2, -0.15) is 0 Å². The largest absolute Gasteiger partial charge is 0.478 e. The van der Waals surface area contributed by atoms with Gasteiger partial charge in [0, 0.05) is 30.2 Å². The molecular formula is C25H26N2O5. The van der Waals surface area contributed by atoms with Crippen molar-refractivity contribution in [3.8, 4) is 28.3 Å². The van der Waals surface area contributed by atoms with E-state index in [1.807, 2.05) is 42.5 Å². The molecule has 0 fully saturated rings. The molecule has 1 heterocycles. The third-order valence-electron chi connectivity index (χ3n) is 4.86. The number of nitro groups is 1. The summed E-state index contributed by atoms with van der Waals surface area (Å²) in [6.07, 6.45) is 2.82. The van der Waals surface area contributed by atoms with Gasteiger partial charge in [-0.3, -0.25) is 14.9 Å². The van der Waals surface area contributed by atoms with Crippen molar-refractivity contribution in [1.82, 2.24) is 4.98 Å². The molecule has 0 atom stereocenters. The van der Waals surface area contributed by atoms with Crippen molar-refractivity contribution < 1.29 is 19.2 Å². The van der Waals surface area contributed by atoms with Crippen LogP contribution in [0, 0.1) is 10.1 Å². The zero-order valence-electron chi connectivity index (χ0n) is 18.0. The first-order valence-corrected chi connectivity index (χ1v) is 10.7. The molecule has 0 N–H and O–H groups in total. The number of nitro benzene ring substituents is 1. The Morgan fingerprint density at radius 2 is 1.69 bits per heavy atom. The average Bonchev–Trinajstić information content (AvgIpc) is 2.82. The zero-order chi connectivity index (χ0) is 22.8. The van der Waals surface area contributed by atoms with E-state index < -0.39 is 4.92 Å². The molecule has 1 aromatic heterocycles. The molecule has 2 aromatic carbocycles. The van der Waals surface area contributed by atoms with Crippen LogP contribution in [0.4, 0.5) is 5.69 Å². The SMILES string of the molecule is CCOC(=O)CCCCCOc1cc(-c2ccc([N+](=O)[O-])cc2)cc(-c2ccccc2)n1. The van der Waals surface area contributed by atoms with E-state index in [0.717, 1.165) is 41.6 Å². The minimum Gasteiger partial charge on any atom is -0.478 e. The molecule has 0 saturated heterocycles. The zero-order valence-corrected chi connectivity index (χ0v) is 18.0. The third-order valence-corrected chi connectivity index (χ3v) is 4.86. The predicted molar refractivity (Wildman–Crippen MR) is 122 cm³/mol. The Morgan fingerprint density at radius 3 is 2.38 bits per heavy atom. The number of esters is 1. The van der Waals surface area contributed by atoms with Crippen molar-refractivity contribution in [1.29, 1.82) is 0 Å². The fraction of sp³-hybridized carbons (Fsp3) is 0.280. The third kappa shape index (κ3) is 6.63. The maximum Gasteiger partial charge on any atom is 0.305 e. The van der Waals surface area contributed by atoms with Crippen LogP contribution < -0.4 is 4.74 Å². The second-order valence-corrected chi connectivity index (χ2v) is 7.21. The summed E-state index contributed by atoms with van der Waals surface area (Å²) in [7, 11) is 0. The van der Waals surface area contributed by atoms with Crippen molar-refractivity contribution in [3.63, 3.8) is 0 Å². The van der Waals surface area contributed by atoms with Gasteiger partial charge in [-0.1, -0.05) is 30.3 Å². The fourth-order valence-corrected chi connectivity index (χ4v) is 3.24. The van der Waals surface area contributed by atoms with Crippen molar-refractivity contribution in [2.75, 3.05) is 13.2 Å². The van der Waals surface area contributed by atoms with Crippen LogP contribution in [0.1, 0.15) is 32.6 Å². The van der Waals surface area contributed by atoms with E-state index in [1.165, 1.54) is 12.1 Å². The topological polar surface area (TPSA) is 91.6 Å². The number of carbonyl (C=O) groups excluding carboxylic acids is 1. The molecule has 166 valence electrons. The minimum absolute atomic E-state index is 0.0466. The highest BCUT2D eigenvalue weighted by molar-refractivity contribution is 5.72. The summed E-state index contributed by atoms with van der Waals surface area (Å²) in [6, 6.07) is 20.0. The van der Waals surface area contributed by atoms with Gasteiger partial charge >= 0.3 is 5.97 Å². The number of carbonyl (C=O) groups is 1. The molecule has 0 aliphatic rings. The van der Waals surface area contributed by atoms with Gasteiger partial charge in [-0.05, 0) is 55.5 Å². The number of pyridine rings is 1. The fourth-order valence-electron chi connectivity index (χ4n) is 3.24. The molecule has 0 amide bonds. The molecule has 3 rings (SSSR count). The highest BCUT2D eigenvalue weighted by Gasteiger charge is 2.10. The summed E-state index contributed by atoms with van der Waals surface area (Å²) >= 11 is 0. The Labute approximate surface area is 187 Å².